The van der Waals surface area contributed by atoms with E-state index in [1.54, 1.807) is 37.3 Å². The van der Waals surface area contributed by atoms with E-state index in [2.05, 4.69) is 20.2 Å². The largest absolute Gasteiger partial charge is 0.345 e. The first-order valence-corrected chi connectivity index (χ1v) is 9.94. The van der Waals surface area contributed by atoms with Crippen LogP contribution in [0.4, 0.5) is 4.39 Å². The van der Waals surface area contributed by atoms with Crippen molar-refractivity contribution in [1.82, 2.24) is 20.2 Å². The Kier molecular flexibility index (Phi) is 5.57. The topological polar surface area (TPSA) is 104 Å². The summed E-state index contributed by atoms with van der Waals surface area (Å²) in [6, 6.07) is 11.9. The number of nitrogens with one attached hydrogen (secondary N) is 3. The van der Waals surface area contributed by atoms with E-state index in [9.17, 15) is 17.6 Å². The summed E-state index contributed by atoms with van der Waals surface area (Å²) in [5.74, 6) is -0.930. The van der Waals surface area contributed by atoms with Crippen molar-refractivity contribution in [2.24, 2.45) is 0 Å². The molecule has 0 spiro atoms. The lowest BCUT2D eigenvalue weighted by atomic mass is 10.1. The normalized spacial score (nSPS) is 12.5. The Bertz CT molecular complexity index is 1110. The van der Waals surface area contributed by atoms with E-state index < -0.39 is 27.8 Å². The first kappa shape index (κ1) is 19.7. The molecule has 3 N–H and O–H groups in total. The zero-order valence-electron chi connectivity index (χ0n) is 15.2. The average molecular weight is 402 g/mol. The highest BCUT2D eigenvalue weighted by molar-refractivity contribution is 7.89. The number of sulfonamides is 1. The number of rotatable bonds is 6. The molecule has 0 radical (unpaired) electrons. The molecule has 0 aliphatic carbocycles. The van der Waals surface area contributed by atoms with Gasteiger partial charge in [0.2, 0.25) is 10.0 Å². The Hall–Kier alpha value is -3.04. The minimum atomic E-state index is -3.59. The van der Waals surface area contributed by atoms with Crippen LogP contribution < -0.4 is 10.0 Å². The summed E-state index contributed by atoms with van der Waals surface area (Å²) >= 11 is 0. The van der Waals surface area contributed by atoms with E-state index in [-0.39, 0.29) is 21.7 Å². The fourth-order valence-electron chi connectivity index (χ4n) is 2.75. The number of hydrogen-bond donors (Lipinski definition) is 3. The van der Waals surface area contributed by atoms with E-state index >= 15 is 0 Å². The summed E-state index contributed by atoms with van der Waals surface area (Å²) in [7, 11) is -2.26. The second kappa shape index (κ2) is 7.91. The number of carbonyl (C=O) groups excluding carboxylic acids is 1. The number of nitrogens with zero attached hydrogens (tertiary/aromatic N) is 1. The third-order valence-corrected chi connectivity index (χ3v) is 5.72. The fourth-order valence-corrected chi connectivity index (χ4v) is 3.54. The van der Waals surface area contributed by atoms with E-state index in [0.29, 0.717) is 5.56 Å². The van der Waals surface area contributed by atoms with Crippen molar-refractivity contribution in [3.63, 3.8) is 0 Å². The summed E-state index contributed by atoms with van der Waals surface area (Å²) in [6.07, 6.45) is 1.33. The van der Waals surface area contributed by atoms with Crippen LogP contribution in [0.2, 0.25) is 0 Å². The smallest absolute Gasteiger partial charge is 0.255 e. The summed E-state index contributed by atoms with van der Waals surface area (Å²) in [4.78, 5) is 12.8. The molecule has 3 aromatic rings. The molecule has 1 unspecified atom stereocenters. The van der Waals surface area contributed by atoms with E-state index in [4.69, 9.17) is 0 Å². The van der Waals surface area contributed by atoms with Crippen molar-refractivity contribution in [1.29, 1.82) is 0 Å². The molecular formula is C19H19FN4O3S. The van der Waals surface area contributed by atoms with Gasteiger partial charge < -0.3 is 5.32 Å². The maximum absolute atomic E-state index is 14.1. The van der Waals surface area contributed by atoms with Gasteiger partial charge in [0.25, 0.3) is 5.91 Å². The van der Waals surface area contributed by atoms with Crippen LogP contribution in [-0.2, 0) is 10.0 Å². The highest BCUT2D eigenvalue weighted by atomic mass is 32.2. The predicted molar refractivity (Wildman–Crippen MR) is 103 cm³/mol. The van der Waals surface area contributed by atoms with Gasteiger partial charge in [0, 0.05) is 5.56 Å². The number of halogens is 1. The molecule has 146 valence electrons. The fraction of sp³-hybridized carbons (Fsp3) is 0.158. The molecule has 0 fully saturated rings. The third kappa shape index (κ3) is 3.95. The second-order valence-corrected chi connectivity index (χ2v) is 8.00. The van der Waals surface area contributed by atoms with Gasteiger partial charge in [-0.05, 0) is 43.8 Å². The maximum Gasteiger partial charge on any atom is 0.255 e. The molecule has 28 heavy (non-hydrogen) atoms. The van der Waals surface area contributed by atoms with E-state index in [0.717, 1.165) is 0 Å². The first-order chi connectivity index (χ1) is 13.3. The highest BCUT2D eigenvalue weighted by Gasteiger charge is 2.20. The molecule has 0 saturated heterocycles. The molecule has 0 saturated carbocycles. The molecular weight excluding hydrogens is 383 g/mol. The van der Waals surface area contributed by atoms with Crippen LogP contribution in [0.5, 0.6) is 0 Å². The molecule has 1 amide bonds. The van der Waals surface area contributed by atoms with Crippen LogP contribution in [0.1, 0.15) is 28.9 Å². The molecule has 1 heterocycles. The van der Waals surface area contributed by atoms with Crippen molar-refractivity contribution in [2.75, 3.05) is 7.05 Å². The third-order valence-electron chi connectivity index (χ3n) is 4.31. The van der Waals surface area contributed by atoms with Crippen LogP contribution in [-0.4, -0.2) is 31.6 Å². The zero-order chi connectivity index (χ0) is 20.3. The summed E-state index contributed by atoms with van der Waals surface area (Å²) < 4.78 is 40.3. The second-order valence-electron chi connectivity index (χ2n) is 6.11. The van der Waals surface area contributed by atoms with Gasteiger partial charge in [-0.25, -0.2) is 17.5 Å². The summed E-state index contributed by atoms with van der Waals surface area (Å²) in [5, 5.41) is 9.30. The molecule has 7 nitrogen and oxygen atoms in total. The number of H-pyrrole nitrogens is 1. The van der Waals surface area contributed by atoms with E-state index in [1.165, 1.54) is 31.4 Å². The van der Waals surface area contributed by atoms with Crippen molar-refractivity contribution in [2.45, 2.75) is 17.9 Å². The van der Waals surface area contributed by atoms with Gasteiger partial charge >= 0.3 is 0 Å². The van der Waals surface area contributed by atoms with Crippen molar-refractivity contribution >= 4 is 15.9 Å². The summed E-state index contributed by atoms with van der Waals surface area (Å²) in [6.45, 7) is 1.73. The Balaban J connectivity index is 1.85. The van der Waals surface area contributed by atoms with Crippen molar-refractivity contribution in [3.05, 3.63) is 71.7 Å². The van der Waals surface area contributed by atoms with Crippen LogP contribution in [0, 0.1) is 5.82 Å². The molecule has 2 aromatic carbocycles. The number of aromatic amines is 1. The first-order valence-electron chi connectivity index (χ1n) is 8.46. The van der Waals surface area contributed by atoms with Crippen LogP contribution in [0.3, 0.4) is 0 Å². The Labute approximate surface area is 162 Å². The Morgan fingerprint density at radius 2 is 1.93 bits per heavy atom. The zero-order valence-corrected chi connectivity index (χ0v) is 16.0. The monoisotopic (exact) mass is 402 g/mol. The number of amides is 1. The quantitative estimate of drug-likeness (QED) is 0.590. The molecule has 9 heteroatoms. The predicted octanol–water partition coefficient (Wildman–Crippen LogP) is 2.61. The number of aromatic nitrogens is 2. The molecule has 1 atom stereocenters. The van der Waals surface area contributed by atoms with Gasteiger partial charge in [0.05, 0.1) is 28.4 Å². The standard InChI is InChI=1S/C19H19FN4O3S/c1-12(13-6-5-7-14(10-13)28(26,27)21-2)23-19(25)16-11-22-24-18(16)15-8-3-4-9-17(15)20/h3-12,21H,1-2H3,(H,22,24)(H,23,25). The molecule has 3 rings (SSSR count). The van der Waals surface area contributed by atoms with Gasteiger partial charge in [-0.1, -0.05) is 24.3 Å². The van der Waals surface area contributed by atoms with Crippen molar-refractivity contribution < 1.29 is 17.6 Å². The van der Waals surface area contributed by atoms with Crippen molar-refractivity contribution in [3.8, 4) is 11.3 Å². The Morgan fingerprint density at radius 1 is 1.18 bits per heavy atom. The van der Waals surface area contributed by atoms with Crippen LogP contribution in [0.25, 0.3) is 11.3 Å². The molecule has 0 aliphatic rings. The minimum Gasteiger partial charge on any atom is -0.345 e. The van der Waals surface area contributed by atoms with Gasteiger partial charge in [-0.15, -0.1) is 0 Å². The Morgan fingerprint density at radius 3 is 2.64 bits per heavy atom. The maximum atomic E-state index is 14.1. The van der Waals surface area contributed by atoms with Gasteiger partial charge in [0.1, 0.15) is 5.82 Å². The minimum absolute atomic E-state index is 0.101. The highest BCUT2D eigenvalue weighted by Crippen LogP contribution is 2.25. The van der Waals surface area contributed by atoms with Crippen LogP contribution in [0.15, 0.2) is 59.6 Å². The van der Waals surface area contributed by atoms with Gasteiger partial charge in [-0.3, -0.25) is 9.89 Å². The number of hydrogen-bond acceptors (Lipinski definition) is 4. The number of benzene rings is 2. The van der Waals surface area contributed by atoms with Crippen LogP contribution >= 0.6 is 0 Å². The van der Waals surface area contributed by atoms with Gasteiger partial charge in [-0.2, -0.15) is 5.10 Å². The lowest BCUT2D eigenvalue weighted by Crippen LogP contribution is -2.27. The lowest BCUT2D eigenvalue weighted by molar-refractivity contribution is 0.0940. The number of carbonyl (C=O) groups is 1. The molecule has 0 bridgehead atoms. The molecule has 0 aliphatic heterocycles. The SMILES string of the molecule is CNS(=O)(=O)c1cccc(C(C)NC(=O)c2cn[nH]c2-c2ccccc2F)c1. The lowest BCUT2D eigenvalue weighted by Gasteiger charge is -2.15. The molecule has 1 aromatic heterocycles. The average Bonchev–Trinajstić information content (AvgIpc) is 3.18. The van der Waals surface area contributed by atoms with Gasteiger partial charge in [0.15, 0.2) is 0 Å². The van der Waals surface area contributed by atoms with E-state index in [1.807, 2.05) is 0 Å². The summed E-state index contributed by atoms with van der Waals surface area (Å²) in [5.41, 5.74) is 1.31.